The molecule has 1 aromatic carbocycles. The van der Waals surface area contributed by atoms with Gasteiger partial charge in [0, 0.05) is 10.8 Å². The third kappa shape index (κ3) is 3.44. The summed E-state index contributed by atoms with van der Waals surface area (Å²) < 4.78 is 28.3. The van der Waals surface area contributed by atoms with E-state index in [1.54, 1.807) is 40.7 Å². The molecule has 0 saturated heterocycles. The molecule has 146 valence electrons. The normalized spacial score (nSPS) is 15.2. The van der Waals surface area contributed by atoms with E-state index in [9.17, 15) is 4.39 Å². The quantitative estimate of drug-likeness (QED) is 0.571. The fourth-order valence-electron chi connectivity index (χ4n) is 3.23. The third-order valence-corrected chi connectivity index (χ3v) is 5.27. The van der Waals surface area contributed by atoms with Gasteiger partial charge >= 0.3 is 0 Å². The first-order valence-electron chi connectivity index (χ1n) is 9.09. The van der Waals surface area contributed by atoms with Crippen molar-refractivity contribution >= 4 is 23.4 Å². The summed E-state index contributed by atoms with van der Waals surface area (Å²) in [6, 6.07) is 3.31. The molecule has 0 saturated carbocycles. The molecule has 3 aromatic rings. The number of hydrogen-bond donors (Lipinski definition) is 0. The van der Waals surface area contributed by atoms with E-state index in [-0.39, 0.29) is 17.7 Å². The van der Waals surface area contributed by atoms with Gasteiger partial charge in [0.05, 0.1) is 24.2 Å². The first-order valence-corrected chi connectivity index (χ1v) is 10.5. The molecule has 28 heavy (non-hydrogen) atoms. The van der Waals surface area contributed by atoms with E-state index in [1.165, 1.54) is 6.33 Å². The molecule has 4 rings (SSSR count). The minimum absolute atomic E-state index is 0.0378. The molecule has 0 bridgehead atoms. The van der Waals surface area contributed by atoms with E-state index in [0.717, 1.165) is 23.5 Å². The molecule has 1 atom stereocenters. The lowest BCUT2D eigenvalue weighted by atomic mass is 10.2. The second-order valence-electron chi connectivity index (χ2n) is 6.62. The zero-order chi connectivity index (χ0) is 19.7. The number of thioether (sulfide) groups is 1. The molecule has 0 fully saturated rings. The summed E-state index contributed by atoms with van der Waals surface area (Å²) in [5, 5.41) is 5.34. The highest BCUT2D eigenvalue weighted by Gasteiger charge is 2.18. The van der Waals surface area contributed by atoms with Crippen LogP contribution in [0.3, 0.4) is 0 Å². The minimum atomic E-state index is -0.430. The van der Waals surface area contributed by atoms with Crippen molar-refractivity contribution in [3.8, 4) is 17.4 Å². The van der Waals surface area contributed by atoms with E-state index in [1.807, 2.05) is 13.8 Å². The number of fused-ring (bicyclic) bond motifs is 2. The van der Waals surface area contributed by atoms with Gasteiger partial charge in [-0.3, -0.25) is 4.99 Å². The van der Waals surface area contributed by atoms with Crippen LogP contribution in [-0.2, 0) is 0 Å². The molecular weight excluding hydrogens is 379 g/mol. The Kier molecular flexibility index (Phi) is 5.21. The van der Waals surface area contributed by atoms with Gasteiger partial charge in [-0.1, -0.05) is 0 Å². The zero-order valence-corrected chi connectivity index (χ0v) is 16.8. The van der Waals surface area contributed by atoms with Crippen LogP contribution < -0.4 is 20.0 Å². The van der Waals surface area contributed by atoms with Gasteiger partial charge in [0.1, 0.15) is 17.6 Å². The fraction of sp³-hybridized carbons (Fsp3) is 0.350. The Bertz CT molecular complexity index is 1150. The van der Waals surface area contributed by atoms with Gasteiger partial charge in [0.25, 0.3) is 0 Å². The predicted molar refractivity (Wildman–Crippen MR) is 107 cm³/mol. The predicted octanol–water partition coefficient (Wildman–Crippen LogP) is 2.90. The molecule has 0 radical (unpaired) electrons. The lowest BCUT2D eigenvalue weighted by molar-refractivity contribution is 0.317. The molecule has 2 aromatic heterocycles. The topological polar surface area (TPSA) is 61.0 Å². The summed E-state index contributed by atoms with van der Waals surface area (Å²) in [5.74, 6) is 1.73. The van der Waals surface area contributed by atoms with Crippen LogP contribution in [0.5, 0.6) is 17.4 Å². The van der Waals surface area contributed by atoms with Crippen molar-refractivity contribution in [3.63, 3.8) is 0 Å². The highest BCUT2D eigenvalue weighted by atomic mass is 32.2. The van der Waals surface area contributed by atoms with Crippen molar-refractivity contribution in [2.24, 2.45) is 4.99 Å². The lowest BCUT2D eigenvalue weighted by Crippen LogP contribution is -2.25. The average Bonchev–Trinajstić information content (AvgIpc) is 3.22. The molecule has 0 aliphatic carbocycles. The number of aromatic nitrogens is 3. The standard InChI is InChI=1S/C20H21FN4O2S/c1-12-9-14-15(24-12)5-6-16(18(14)21)27-20-19-13(2)17(26-7-4-8-28-3)10-25(19)23-11-22-20/h5-6,9-12H,4,7-8H2,1-3H3. The van der Waals surface area contributed by atoms with Crippen LogP contribution in [-0.4, -0.2) is 39.3 Å². The summed E-state index contributed by atoms with van der Waals surface area (Å²) in [6.07, 6.45) is 8.00. The maximum Gasteiger partial charge on any atom is 0.247 e. The summed E-state index contributed by atoms with van der Waals surface area (Å²) >= 11 is 1.79. The van der Waals surface area contributed by atoms with Crippen LogP contribution in [0.1, 0.15) is 18.9 Å². The number of benzene rings is 1. The summed E-state index contributed by atoms with van der Waals surface area (Å²) in [4.78, 5) is 8.59. The second-order valence-corrected chi connectivity index (χ2v) is 7.61. The molecule has 1 unspecified atom stereocenters. The summed E-state index contributed by atoms with van der Waals surface area (Å²) in [7, 11) is 0. The molecule has 0 N–H and O–H groups in total. The maximum atomic E-state index is 14.9. The molecular formula is C20H21FN4O2S. The maximum absolute atomic E-state index is 14.9. The van der Waals surface area contributed by atoms with E-state index < -0.39 is 5.82 Å². The van der Waals surface area contributed by atoms with E-state index in [0.29, 0.717) is 22.7 Å². The van der Waals surface area contributed by atoms with Crippen molar-refractivity contribution in [3.05, 3.63) is 46.6 Å². The lowest BCUT2D eigenvalue weighted by Gasteiger charge is -2.08. The molecule has 1 aliphatic rings. The Hall–Kier alpha value is -2.61. The Labute approximate surface area is 166 Å². The van der Waals surface area contributed by atoms with Crippen LogP contribution in [0.25, 0.3) is 11.6 Å². The Morgan fingerprint density at radius 3 is 2.96 bits per heavy atom. The fourth-order valence-corrected chi connectivity index (χ4v) is 3.63. The monoisotopic (exact) mass is 400 g/mol. The first-order chi connectivity index (χ1) is 13.6. The van der Waals surface area contributed by atoms with Crippen molar-refractivity contribution in [2.75, 3.05) is 18.6 Å². The Morgan fingerprint density at radius 2 is 2.14 bits per heavy atom. The Balaban J connectivity index is 1.67. The van der Waals surface area contributed by atoms with Crippen LogP contribution >= 0.6 is 11.8 Å². The first kappa shape index (κ1) is 18.7. The van der Waals surface area contributed by atoms with Crippen molar-refractivity contribution < 1.29 is 13.9 Å². The molecule has 0 spiro atoms. The largest absolute Gasteiger partial charge is 0.492 e. The molecule has 1 aliphatic heterocycles. The minimum Gasteiger partial charge on any atom is -0.492 e. The smallest absolute Gasteiger partial charge is 0.247 e. The third-order valence-electron chi connectivity index (χ3n) is 4.58. The molecule has 8 heteroatoms. The molecule has 6 nitrogen and oxygen atoms in total. The summed E-state index contributed by atoms with van der Waals surface area (Å²) in [5.41, 5.74) is 1.51. The number of nitrogens with zero attached hydrogens (tertiary/aromatic N) is 4. The average molecular weight is 400 g/mol. The second kappa shape index (κ2) is 7.79. The zero-order valence-electron chi connectivity index (χ0n) is 16.0. The van der Waals surface area contributed by atoms with E-state index >= 15 is 0 Å². The van der Waals surface area contributed by atoms with Crippen molar-refractivity contribution in [2.45, 2.75) is 26.3 Å². The summed E-state index contributed by atoms with van der Waals surface area (Å²) in [6.45, 7) is 4.46. The number of ether oxygens (including phenoxy) is 2. The number of hydrogen-bond acceptors (Lipinski definition) is 6. The number of rotatable bonds is 7. The van der Waals surface area contributed by atoms with E-state index in [2.05, 4.69) is 21.3 Å². The molecule has 0 amide bonds. The van der Waals surface area contributed by atoms with Crippen LogP contribution in [0.2, 0.25) is 0 Å². The SMILES string of the molecule is CSCCCOc1cn2ncnc(Oc3ccc4c(c3F)=CC(C)N=4)c2c1C. The van der Waals surface area contributed by atoms with Crippen LogP contribution in [0, 0.1) is 12.7 Å². The van der Waals surface area contributed by atoms with Gasteiger partial charge in [-0.15, -0.1) is 0 Å². The number of aryl methyl sites for hydroxylation is 1. The highest BCUT2D eigenvalue weighted by Crippen LogP contribution is 2.32. The van der Waals surface area contributed by atoms with Gasteiger partial charge < -0.3 is 9.47 Å². The van der Waals surface area contributed by atoms with Gasteiger partial charge in [0.15, 0.2) is 11.6 Å². The van der Waals surface area contributed by atoms with Crippen molar-refractivity contribution in [1.29, 1.82) is 0 Å². The van der Waals surface area contributed by atoms with Crippen LogP contribution in [0.15, 0.2) is 29.6 Å². The molecule has 3 heterocycles. The number of halogens is 1. The van der Waals surface area contributed by atoms with Crippen LogP contribution in [0.4, 0.5) is 4.39 Å². The van der Waals surface area contributed by atoms with Gasteiger partial charge in [-0.05, 0) is 50.5 Å². The van der Waals surface area contributed by atoms with Gasteiger partial charge in [-0.25, -0.2) is 8.91 Å². The van der Waals surface area contributed by atoms with E-state index in [4.69, 9.17) is 9.47 Å². The highest BCUT2D eigenvalue weighted by molar-refractivity contribution is 7.98. The van der Waals surface area contributed by atoms with Gasteiger partial charge in [0.2, 0.25) is 5.88 Å². The van der Waals surface area contributed by atoms with Gasteiger partial charge in [-0.2, -0.15) is 21.8 Å². The van der Waals surface area contributed by atoms with Crippen molar-refractivity contribution in [1.82, 2.24) is 14.6 Å². The Morgan fingerprint density at radius 1 is 1.29 bits per heavy atom.